The summed E-state index contributed by atoms with van der Waals surface area (Å²) < 4.78 is 11.3. The van der Waals surface area contributed by atoms with Crippen molar-refractivity contribution in [3.8, 4) is 11.5 Å². The number of hydrogen-bond acceptors (Lipinski definition) is 3. The van der Waals surface area contributed by atoms with Gasteiger partial charge in [-0.05, 0) is 29.0 Å². The van der Waals surface area contributed by atoms with E-state index in [2.05, 4.69) is 0 Å². The van der Waals surface area contributed by atoms with Crippen LogP contribution in [0.4, 0.5) is 0 Å². The summed E-state index contributed by atoms with van der Waals surface area (Å²) in [5, 5.41) is 2.92. The summed E-state index contributed by atoms with van der Waals surface area (Å²) in [5.41, 5.74) is 0.514. The highest BCUT2D eigenvalue weighted by Gasteiger charge is 2.11. The second-order valence-corrected chi connectivity index (χ2v) is 6.46. The molecule has 0 unspecified atom stereocenters. The average Bonchev–Trinajstić information content (AvgIpc) is 2.59. The van der Waals surface area contributed by atoms with E-state index in [1.807, 2.05) is 30.3 Å². The van der Waals surface area contributed by atoms with Crippen LogP contribution in [0.2, 0.25) is 15.1 Å². The molecule has 0 aliphatic carbocycles. The Hall–Kier alpha value is -1.94. The van der Waals surface area contributed by atoms with E-state index in [-0.39, 0.29) is 13.2 Å². The van der Waals surface area contributed by atoms with E-state index in [4.69, 9.17) is 44.3 Å². The van der Waals surface area contributed by atoms with E-state index in [0.29, 0.717) is 32.1 Å². The quantitative estimate of drug-likeness (QED) is 0.375. The average molecular weight is 396 g/mol. The zero-order valence-electron chi connectivity index (χ0n) is 13.0. The fraction of sp³-hybridized carbons (Fsp3) is 0.105. The van der Waals surface area contributed by atoms with E-state index in [9.17, 15) is 4.79 Å². The molecule has 0 aliphatic rings. The van der Waals surface area contributed by atoms with Crippen LogP contribution in [0, 0.1) is 0 Å². The molecule has 3 rings (SSSR count). The van der Waals surface area contributed by atoms with E-state index in [0.717, 1.165) is 17.1 Å². The molecule has 3 aromatic carbocycles. The first kappa shape index (κ1) is 17.9. The Morgan fingerprint density at radius 3 is 2.28 bits per heavy atom. The van der Waals surface area contributed by atoms with Crippen LogP contribution in [0.15, 0.2) is 48.5 Å². The van der Waals surface area contributed by atoms with E-state index in [1.165, 1.54) is 0 Å². The molecule has 0 atom stereocenters. The van der Waals surface area contributed by atoms with Crippen molar-refractivity contribution in [1.82, 2.24) is 0 Å². The Labute approximate surface area is 160 Å². The van der Waals surface area contributed by atoms with Gasteiger partial charge < -0.3 is 9.47 Å². The van der Waals surface area contributed by atoms with Crippen molar-refractivity contribution in [2.45, 2.75) is 0 Å². The molecule has 0 saturated carbocycles. The summed E-state index contributed by atoms with van der Waals surface area (Å²) in [7, 11) is 0. The minimum atomic E-state index is 0.214. The van der Waals surface area contributed by atoms with Gasteiger partial charge in [0.1, 0.15) is 19.0 Å². The summed E-state index contributed by atoms with van der Waals surface area (Å²) in [6.45, 7) is 0.445. The largest absolute Gasteiger partial charge is 0.489 e. The Balaban J connectivity index is 1.69. The maximum absolute atomic E-state index is 11.5. The normalized spacial score (nSPS) is 10.7. The zero-order chi connectivity index (χ0) is 17.8. The number of carbonyl (C=O) groups is 1. The number of hydrogen-bond donors (Lipinski definition) is 0. The minimum absolute atomic E-state index is 0.214. The molecular weight excluding hydrogens is 383 g/mol. The molecule has 25 heavy (non-hydrogen) atoms. The van der Waals surface area contributed by atoms with Crippen molar-refractivity contribution in [3.05, 3.63) is 69.2 Å². The van der Waals surface area contributed by atoms with Crippen molar-refractivity contribution in [2.24, 2.45) is 0 Å². The van der Waals surface area contributed by atoms with Gasteiger partial charge in [0, 0.05) is 5.02 Å². The van der Waals surface area contributed by atoms with E-state index >= 15 is 0 Å². The predicted octanol–water partition coefficient (Wildman–Crippen LogP) is 6.07. The lowest BCUT2D eigenvalue weighted by molar-refractivity contribution is 0.112. The lowest BCUT2D eigenvalue weighted by atomic mass is 10.0. The molecule has 0 amide bonds. The minimum Gasteiger partial charge on any atom is -0.489 e. The van der Waals surface area contributed by atoms with Gasteiger partial charge in [0.05, 0.1) is 15.6 Å². The molecule has 128 valence electrons. The monoisotopic (exact) mass is 394 g/mol. The van der Waals surface area contributed by atoms with Gasteiger partial charge in [-0.1, -0.05) is 65.1 Å². The summed E-state index contributed by atoms with van der Waals surface area (Å²) in [6, 6.07) is 14.4. The van der Waals surface area contributed by atoms with E-state index in [1.54, 1.807) is 18.2 Å². The Bertz CT molecular complexity index is 902. The number of ether oxygens (including phenoxy) is 2. The third kappa shape index (κ3) is 4.01. The van der Waals surface area contributed by atoms with Crippen LogP contribution in [-0.4, -0.2) is 19.5 Å². The molecule has 0 saturated heterocycles. The van der Waals surface area contributed by atoms with Crippen molar-refractivity contribution < 1.29 is 14.3 Å². The Morgan fingerprint density at radius 1 is 0.880 bits per heavy atom. The van der Waals surface area contributed by atoms with Gasteiger partial charge in [-0.15, -0.1) is 0 Å². The van der Waals surface area contributed by atoms with Crippen molar-refractivity contribution in [3.63, 3.8) is 0 Å². The van der Waals surface area contributed by atoms with Gasteiger partial charge in [0.15, 0.2) is 12.0 Å². The molecule has 0 bridgehead atoms. The zero-order valence-corrected chi connectivity index (χ0v) is 15.2. The smallest absolute Gasteiger partial charge is 0.156 e. The van der Waals surface area contributed by atoms with E-state index < -0.39 is 0 Å². The molecule has 0 spiro atoms. The summed E-state index contributed by atoms with van der Waals surface area (Å²) in [4.78, 5) is 11.5. The van der Waals surface area contributed by atoms with Crippen LogP contribution >= 0.6 is 34.8 Å². The van der Waals surface area contributed by atoms with Crippen molar-refractivity contribution in [1.29, 1.82) is 0 Å². The number of aldehydes is 1. The topological polar surface area (TPSA) is 35.5 Å². The molecule has 3 aromatic rings. The maximum Gasteiger partial charge on any atom is 0.156 e. The Morgan fingerprint density at radius 2 is 1.56 bits per heavy atom. The summed E-state index contributed by atoms with van der Waals surface area (Å²) in [5.74, 6) is 0.857. The van der Waals surface area contributed by atoms with Crippen molar-refractivity contribution >= 4 is 51.9 Å². The molecule has 0 fully saturated rings. The van der Waals surface area contributed by atoms with Crippen LogP contribution in [-0.2, 0) is 0 Å². The highest BCUT2D eigenvalue weighted by molar-refractivity contribution is 6.40. The SMILES string of the molecule is O=Cc1c(OCCOc2c(Cl)cc(Cl)cc2Cl)ccc2ccccc12. The van der Waals surface area contributed by atoms with Gasteiger partial charge in [0.25, 0.3) is 0 Å². The summed E-state index contributed by atoms with van der Waals surface area (Å²) >= 11 is 18.0. The Kier molecular flexibility index (Phi) is 5.69. The highest BCUT2D eigenvalue weighted by atomic mass is 35.5. The number of rotatable bonds is 6. The summed E-state index contributed by atoms with van der Waals surface area (Å²) in [6.07, 6.45) is 0.797. The number of carbonyl (C=O) groups excluding carboxylic acids is 1. The van der Waals surface area contributed by atoms with Gasteiger partial charge in [-0.3, -0.25) is 4.79 Å². The second kappa shape index (κ2) is 7.96. The number of halogens is 3. The van der Waals surface area contributed by atoms with Crippen LogP contribution in [0.1, 0.15) is 10.4 Å². The van der Waals surface area contributed by atoms with Gasteiger partial charge in [-0.2, -0.15) is 0 Å². The van der Waals surface area contributed by atoms with Gasteiger partial charge >= 0.3 is 0 Å². The van der Waals surface area contributed by atoms with Gasteiger partial charge in [-0.25, -0.2) is 0 Å². The third-order valence-electron chi connectivity index (χ3n) is 3.60. The van der Waals surface area contributed by atoms with Gasteiger partial charge in [0.2, 0.25) is 0 Å². The fourth-order valence-corrected chi connectivity index (χ4v) is 3.41. The van der Waals surface area contributed by atoms with Crippen LogP contribution in [0.25, 0.3) is 10.8 Å². The lowest BCUT2D eigenvalue weighted by Gasteiger charge is -2.13. The predicted molar refractivity (Wildman–Crippen MR) is 102 cm³/mol. The lowest BCUT2D eigenvalue weighted by Crippen LogP contribution is -2.10. The molecule has 3 nitrogen and oxygen atoms in total. The van der Waals surface area contributed by atoms with Crippen molar-refractivity contribution in [2.75, 3.05) is 13.2 Å². The number of benzene rings is 3. The number of fused-ring (bicyclic) bond motifs is 1. The molecule has 0 aromatic heterocycles. The maximum atomic E-state index is 11.5. The molecule has 0 aliphatic heterocycles. The molecule has 0 N–H and O–H groups in total. The molecule has 6 heteroatoms. The van der Waals surface area contributed by atoms with Crippen LogP contribution in [0.5, 0.6) is 11.5 Å². The third-order valence-corrected chi connectivity index (χ3v) is 4.38. The molecular formula is C19H13Cl3O3. The first-order chi connectivity index (χ1) is 12.1. The van der Waals surface area contributed by atoms with Crippen LogP contribution < -0.4 is 9.47 Å². The molecule has 0 radical (unpaired) electrons. The molecule has 0 heterocycles. The fourth-order valence-electron chi connectivity index (χ4n) is 2.49. The standard InChI is InChI=1S/C19H13Cl3O3/c20-13-9-16(21)19(17(22)10-13)25-8-7-24-18-6-5-12-3-1-2-4-14(12)15(18)11-23/h1-6,9-11H,7-8H2. The highest BCUT2D eigenvalue weighted by Crippen LogP contribution is 2.35. The first-order valence-electron chi connectivity index (χ1n) is 7.47. The first-order valence-corrected chi connectivity index (χ1v) is 8.60. The van der Waals surface area contributed by atoms with Crippen LogP contribution in [0.3, 0.4) is 0 Å². The second-order valence-electron chi connectivity index (χ2n) is 5.21.